The predicted molar refractivity (Wildman–Crippen MR) is 69.2 cm³/mol. The second-order valence-electron chi connectivity index (χ2n) is 4.86. The fourth-order valence-corrected chi connectivity index (χ4v) is 2.47. The smallest absolute Gasteiger partial charge is 0.122 e. The molecule has 1 aromatic heterocycles. The van der Waals surface area contributed by atoms with Gasteiger partial charge in [-0.15, -0.1) is 0 Å². The highest BCUT2D eigenvalue weighted by Crippen LogP contribution is 2.18. The first kappa shape index (κ1) is 12.4. The number of ether oxygens (including phenoxy) is 1. The Hall–Kier alpha value is -1.09. The number of hydrogen-bond donors (Lipinski definition) is 1. The number of nitrogens with zero attached hydrogens (tertiary/aromatic N) is 1. The third-order valence-corrected chi connectivity index (χ3v) is 3.39. The number of methoxy groups -OCH3 is 1. The molecule has 0 unspecified atom stereocenters. The summed E-state index contributed by atoms with van der Waals surface area (Å²) >= 11 is 0. The molecular weight excluding hydrogens is 212 g/mol. The molecule has 0 aromatic carbocycles. The SMILES string of the molecule is COc1cc(C)nc(CNC2CCCCC2)c1. The van der Waals surface area contributed by atoms with Crippen molar-refractivity contribution < 1.29 is 4.74 Å². The maximum atomic E-state index is 5.26. The van der Waals surface area contributed by atoms with Crippen LogP contribution >= 0.6 is 0 Å². The van der Waals surface area contributed by atoms with Gasteiger partial charge in [0.15, 0.2) is 0 Å². The zero-order valence-electron chi connectivity index (χ0n) is 10.8. The van der Waals surface area contributed by atoms with E-state index in [1.807, 2.05) is 19.1 Å². The highest BCUT2D eigenvalue weighted by Gasteiger charge is 2.12. The topological polar surface area (TPSA) is 34.1 Å². The molecule has 2 rings (SSSR count). The Balaban J connectivity index is 1.91. The van der Waals surface area contributed by atoms with Crippen LogP contribution in [0.3, 0.4) is 0 Å². The molecule has 0 spiro atoms. The average Bonchev–Trinajstić information content (AvgIpc) is 2.37. The van der Waals surface area contributed by atoms with Gasteiger partial charge in [0.25, 0.3) is 0 Å². The Bertz CT molecular complexity index is 359. The summed E-state index contributed by atoms with van der Waals surface area (Å²) in [5.41, 5.74) is 2.09. The minimum Gasteiger partial charge on any atom is -0.497 e. The van der Waals surface area contributed by atoms with Crippen LogP contribution in [0, 0.1) is 6.92 Å². The van der Waals surface area contributed by atoms with Gasteiger partial charge in [-0.25, -0.2) is 0 Å². The van der Waals surface area contributed by atoms with Crippen LogP contribution in [-0.4, -0.2) is 18.1 Å². The standard InChI is InChI=1S/C14H22N2O/c1-11-8-14(17-2)9-13(16-11)10-15-12-6-4-3-5-7-12/h8-9,12,15H,3-7,10H2,1-2H3. The highest BCUT2D eigenvalue weighted by molar-refractivity contribution is 5.26. The maximum Gasteiger partial charge on any atom is 0.122 e. The summed E-state index contributed by atoms with van der Waals surface area (Å²) in [6.07, 6.45) is 6.74. The lowest BCUT2D eigenvalue weighted by Gasteiger charge is -2.22. The second kappa shape index (κ2) is 6.01. The van der Waals surface area contributed by atoms with Gasteiger partial charge in [0, 0.05) is 30.4 Å². The van der Waals surface area contributed by atoms with Gasteiger partial charge in [0.2, 0.25) is 0 Å². The first-order valence-corrected chi connectivity index (χ1v) is 6.53. The lowest BCUT2D eigenvalue weighted by Crippen LogP contribution is -2.30. The predicted octanol–water partition coefficient (Wildman–Crippen LogP) is 2.82. The molecule has 1 aromatic rings. The van der Waals surface area contributed by atoms with E-state index in [0.29, 0.717) is 6.04 Å². The summed E-state index contributed by atoms with van der Waals surface area (Å²) in [7, 11) is 1.70. The summed E-state index contributed by atoms with van der Waals surface area (Å²) in [5.74, 6) is 0.901. The summed E-state index contributed by atoms with van der Waals surface area (Å²) in [6, 6.07) is 4.66. The molecule has 17 heavy (non-hydrogen) atoms. The molecule has 1 aliphatic carbocycles. The van der Waals surface area contributed by atoms with Crippen LogP contribution in [0.1, 0.15) is 43.5 Å². The fraction of sp³-hybridized carbons (Fsp3) is 0.643. The van der Waals surface area contributed by atoms with Gasteiger partial charge in [-0.1, -0.05) is 19.3 Å². The van der Waals surface area contributed by atoms with Crippen molar-refractivity contribution in [2.75, 3.05) is 7.11 Å². The van der Waals surface area contributed by atoms with E-state index in [1.54, 1.807) is 7.11 Å². The van der Waals surface area contributed by atoms with E-state index in [4.69, 9.17) is 4.74 Å². The van der Waals surface area contributed by atoms with Crippen LogP contribution in [-0.2, 0) is 6.54 Å². The van der Waals surface area contributed by atoms with Gasteiger partial charge >= 0.3 is 0 Å². The van der Waals surface area contributed by atoms with Gasteiger partial charge in [0.1, 0.15) is 5.75 Å². The number of aryl methyl sites for hydroxylation is 1. The van der Waals surface area contributed by atoms with Crippen molar-refractivity contribution in [3.8, 4) is 5.75 Å². The summed E-state index contributed by atoms with van der Waals surface area (Å²) in [4.78, 5) is 4.52. The van der Waals surface area contributed by atoms with E-state index in [1.165, 1.54) is 32.1 Å². The van der Waals surface area contributed by atoms with E-state index in [-0.39, 0.29) is 0 Å². The molecule has 3 nitrogen and oxygen atoms in total. The van der Waals surface area contributed by atoms with Crippen molar-refractivity contribution >= 4 is 0 Å². The van der Waals surface area contributed by atoms with Crippen LogP contribution in [0.25, 0.3) is 0 Å². The molecular formula is C14H22N2O. The molecule has 94 valence electrons. The van der Waals surface area contributed by atoms with Gasteiger partial charge in [-0.2, -0.15) is 0 Å². The average molecular weight is 234 g/mol. The number of pyridine rings is 1. The van der Waals surface area contributed by atoms with Gasteiger partial charge < -0.3 is 10.1 Å². The molecule has 0 aliphatic heterocycles. The molecule has 0 bridgehead atoms. The summed E-state index contributed by atoms with van der Waals surface area (Å²) in [5, 5.41) is 3.60. The van der Waals surface area contributed by atoms with Crippen molar-refractivity contribution in [2.24, 2.45) is 0 Å². The van der Waals surface area contributed by atoms with Crippen LogP contribution in [0.5, 0.6) is 5.75 Å². The Morgan fingerprint density at radius 2 is 2.06 bits per heavy atom. The zero-order chi connectivity index (χ0) is 12.1. The van der Waals surface area contributed by atoms with E-state index in [0.717, 1.165) is 23.7 Å². The normalized spacial score (nSPS) is 17.1. The second-order valence-corrected chi connectivity index (χ2v) is 4.86. The molecule has 1 fully saturated rings. The molecule has 3 heteroatoms. The lowest BCUT2D eigenvalue weighted by atomic mass is 9.95. The number of nitrogens with one attached hydrogen (secondary N) is 1. The monoisotopic (exact) mass is 234 g/mol. The van der Waals surface area contributed by atoms with Crippen LogP contribution in [0.4, 0.5) is 0 Å². The minimum atomic E-state index is 0.678. The minimum absolute atomic E-state index is 0.678. The first-order chi connectivity index (χ1) is 8.28. The first-order valence-electron chi connectivity index (χ1n) is 6.53. The van der Waals surface area contributed by atoms with Crippen molar-refractivity contribution in [1.82, 2.24) is 10.3 Å². The number of hydrogen-bond acceptors (Lipinski definition) is 3. The lowest BCUT2D eigenvalue weighted by molar-refractivity contribution is 0.370. The van der Waals surface area contributed by atoms with Gasteiger partial charge in [-0.3, -0.25) is 4.98 Å². The molecule has 1 N–H and O–H groups in total. The summed E-state index contributed by atoms with van der Waals surface area (Å²) < 4.78 is 5.26. The zero-order valence-corrected chi connectivity index (χ0v) is 10.8. The molecule has 1 saturated carbocycles. The molecule has 0 radical (unpaired) electrons. The third kappa shape index (κ3) is 3.70. The third-order valence-electron chi connectivity index (χ3n) is 3.39. The number of rotatable bonds is 4. The van der Waals surface area contributed by atoms with Crippen molar-refractivity contribution in [2.45, 2.75) is 51.6 Å². The Labute approximate surface area is 104 Å². The molecule has 0 atom stereocenters. The highest BCUT2D eigenvalue weighted by atomic mass is 16.5. The summed E-state index contributed by atoms with van der Waals surface area (Å²) in [6.45, 7) is 2.86. The van der Waals surface area contributed by atoms with Crippen molar-refractivity contribution in [1.29, 1.82) is 0 Å². The van der Waals surface area contributed by atoms with E-state index in [9.17, 15) is 0 Å². The van der Waals surface area contributed by atoms with Crippen LogP contribution < -0.4 is 10.1 Å². The molecule has 1 heterocycles. The van der Waals surface area contributed by atoms with Crippen LogP contribution in [0.15, 0.2) is 12.1 Å². The van der Waals surface area contributed by atoms with E-state index < -0.39 is 0 Å². The number of aromatic nitrogens is 1. The quantitative estimate of drug-likeness (QED) is 0.870. The van der Waals surface area contributed by atoms with Crippen molar-refractivity contribution in [3.63, 3.8) is 0 Å². The van der Waals surface area contributed by atoms with Crippen molar-refractivity contribution in [3.05, 3.63) is 23.5 Å². The molecule has 0 amide bonds. The maximum absolute atomic E-state index is 5.26. The Morgan fingerprint density at radius 1 is 1.29 bits per heavy atom. The fourth-order valence-electron chi connectivity index (χ4n) is 2.47. The Kier molecular flexibility index (Phi) is 4.37. The van der Waals surface area contributed by atoms with Gasteiger partial charge in [0.05, 0.1) is 12.8 Å². The van der Waals surface area contributed by atoms with Crippen LogP contribution in [0.2, 0.25) is 0 Å². The molecule has 0 saturated heterocycles. The van der Waals surface area contributed by atoms with E-state index in [2.05, 4.69) is 10.3 Å². The molecule has 1 aliphatic rings. The van der Waals surface area contributed by atoms with E-state index >= 15 is 0 Å². The van der Waals surface area contributed by atoms with Gasteiger partial charge in [-0.05, 0) is 19.8 Å². The largest absolute Gasteiger partial charge is 0.497 e. The Morgan fingerprint density at radius 3 is 2.76 bits per heavy atom.